The van der Waals surface area contributed by atoms with Gasteiger partial charge in [0.05, 0.1) is 16.1 Å². The second kappa shape index (κ2) is 6.35. The van der Waals surface area contributed by atoms with Gasteiger partial charge in [0.2, 0.25) is 0 Å². The highest BCUT2D eigenvalue weighted by atomic mass is 79.9. The first-order valence-corrected chi connectivity index (χ1v) is 7.64. The molecule has 2 aromatic rings. The molecule has 0 atom stereocenters. The third kappa shape index (κ3) is 3.48. The van der Waals surface area contributed by atoms with E-state index >= 15 is 0 Å². The number of aromatic hydroxyl groups is 1. The van der Waals surface area contributed by atoms with Crippen LogP contribution in [-0.2, 0) is 0 Å². The van der Waals surface area contributed by atoms with E-state index in [0.29, 0.717) is 11.3 Å². The lowest BCUT2D eigenvalue weighted by molar-refractivity contribution is 0.239. The molecule has 0 aliphatic carbocycles. The van der Waals surface area contributed by atoms with Gasteiger partial charge in [0, 0.05) is 0 Å². The fourth-order valence-electron chi connectivity index (χ4n) is 2.09. The second-order valence-corrected chi connectivity index (χ2v) is 6.14. The number of phenols is 1. The van der Waals surface area contributed by atoms with Crippen molar-refractivity contribution in [3.8, 4) is 11.5 Å². The standard InChI is InChI=1S/C18H19BrO2/c1-11(2)21-18-15(19)9-10-16(20)17(18)13(4)14-7-5-12(3)6-8-14/h5-11,20H,4H2,1-3H3. The van der Waals surface area contributed by atoms with E-state index in [2.05, 4.69) is 22.5 Å². The molecule has 0 bridgehead atoms. The summed E-state index contributed by atoms with van der Waals surface area (Å²) < 4.78 is 6.66. The van der Waals surface area contributed by atoms with Crippen LogP contribution in [0.5, 0.6) is 11.5 Å². The van der Waals surface area contributed by atoms with Crippen molar-refractivity contribution in [3.05, 3.63) is 64.1 Å². The zero-order chi connectivity index (χ0) is 15.6. The van der Waals surface area contributed by atoms with Crippen LogP contribution >= 0.6 is 15.9 Å². The van der Waals surface area contributed by atoms with Crippen molar-refractivity contribution in [2.45, 2.75) is 26.9 Å². The molecule has 3 heteroatoms. The largest absolute Gasteiger partial charge is 0.507 e. The van der Waals surface area contributed by atoms with Crippen molar-refractivity contribution in [1.29, 1.82) is 0 Å². The number of ether oxygens (including phenoxy) is 1. The third-order valence-electron chi connectivity index (χ3n) is 3.14. The maximum Gasteiger partial charge on any atom is 0.145 e. The Morgan fingerprint density at radius 2 is 1.76 bits per heavy atom. The number of halogens is 1. The predicted octanol–water partition coefficient (Wildman–Crippen LogP) is 5.31. The molecule has 2 aromatic carbocycles. The van der Waals surface area contributed by atoms with Gasteiger partial charge in [0.15, 0.2) is 0 Å². The van der Waals surface area contributed by atoms with Crippen LogP contribution in [-0.4, -0.2) is 11.2 Å². The summed E-state index contributed by atoms with van der Waals surface area (Å²) in [4.78, 5) is 0. The second-order valence-electron chi connectivity index (χ2n) is 5.28. The lowest BCUT2D eigenvalue weighted by atomic mass is 9.97. The molecule has 0 aliphatic heterocycles. The van der Waals surface area contributed by atoms with Crippen LogP contribution < -0.4 is 4.74 Å². The van der Waals surface area contributed by atoms with Crippen LogP contribution in [0.1, 0.15) is 30.5 Å². The number of rotatable bonds is 4. The summed E-state index contributed by atoms with van der Waals surface area (Å²) in [6, 6.07) is 11.5. The van der Waals surface area contributed by atoms with Crippen molar-refractivity contribution in [1.82, 2.24) is 0 Å². The Balaban J connectivity index is 2.53. The van der Waals surface area contributed by atoms with Gasteiger partial charge in [-0.2, -0.15) is 0 Å². The first-order chi connectivity index (χ1) is 9.90. The number of hydrogen-bond donors (Lipinski definition) is 1. The summed E-state index contributed by atoms with van der Waals surface area (Å²) in [7, 11) is 0. The third-order valence-corrected chi connectivity index (χ3v) is 3.77. The highest BCUT2D eigenvalue weighted by Crippen LogP contribution is 2.41. The fourth-order valence-corrected chi connectivity index (χ4v) is 2.51. The van der Waals surface area contributed by atoms with E-state index < -0.39 is 0 Å². The Morgan fingerprint density at radius 1 is 1.14 bits per heavy atom. The lowest BCUT2D eigenvalue weighted by Gasteiger charge is -2.18. The molecule has 0 amide bonds. The minimum absolute atomic E-state index is 0.00710. The molecule has 21 heavy (non-hydrogen) atoms. The molecule has 2 rings (SSSR count). The molecular weight excluding hydrogens is 328 g/mol. The fraction of sp³-hybridized carbons (Fsp3) is 0.222. The SMILES string of the molecule is C=C(c1ccc(C)cc1)c1c(O)ccc(Br)c1OC(C)C. The number of aryl methyl sites for hydroxylation is 1. The molecule has 0 unspecified atom stereocenters. The maximum absolute atomic E-state index is 10.3. The average molecular weight is 347 g/mol. The summed E-state index contributed by atoms with van der Waals surface area (Å²) in [5, 5.41) is 10.3. The summed E-state index contributed by atoms with van der Waals surface area (Å²) >= 11 is 3.49. The molecule has 110 valence electrons. The summed E-state index contributed by atoms with van der Waals surface area (Å²) in [5.74, 6) is 0.787. The van der Waals surface area contributed by atoms with Gasteiger partial charge in [0.25, 0.3) is 0 Å². The molecule has 0 spiro atoms. The maximum atomic E-state index is 10.3. The molecule has 0 radical (unpaired) electrons. The van der Waals surface area contributed by atoms with Crippen LogP contribution in [0.4, 0.5) is 0 Å². The van der Waals surface area contributed by atoms with Crippen molar-refractivity contribution in [2.24, 2.45) is 0 Å². The highest BCUT2D eigenvalue weighted by molar-refractivity contribution is 9.10. The summed E-state index contributed by atoms with van der Waals surface area (Å²) in [5.41, 5.74) is 3.51. The van der Waals surface area contributed by atoms with Crippen LogP contribution in [0.3, 0.4) is 0 Å². The van der Waals surface area contributed by atoms with E-state index in [1.807, 2.05) is 45.0 Å². The van der Waals surface area contributed by atoms with Crippen molar-refractivity contribution in [3.63, 3.8) is 0 Å². The van der Waals surface area contributed by atoms with Gasteiger partial charge in [-0.1, -0.05) is 36.4 Å². The van der Waals surface area contributed by atoms with Crippen LogP contribution in [0, 0.1) is 6.92 Å². The molecule has 0 saturated carbocycles. The zero-order valence-corrected chi connectivity index (χ0v) is 14.1. The minimum Gasteiger partial charge on any atom is -0.507 e. The molecule has 2 nitrogen and oxygen atoms in total. The Hall–Kier alpha value is -1.74. The summed E-state index contributed by atoms with van der Waals surface area (Å²) in [6.07, 6.45) is 0.00710. The number of hydrogen-bond acceptors (Lipinski definition) is 2. The van der Waals surface area contributed by atoms with Gasteiger partial charge < -0.3 is 9.84 Å². The molecule has 0 saturated heterocycles. The smallest absolute Gasteiger partial charge is 0.145 e. The minimum atomic E-state index is 0.00710. The van der Waals surface area contributed by atoms with E-state index in [9.17, 15) is 5.11 Å². The van der Waals surface area contributed by atoms with E-state index in [4.69, 9.17) is 4.74 Å². The van der Waals surface area contributed by atoms with Crippen molar-refractivity contribution < 1.29 is 9.84 Å². The first-order valence-electron chi connectivity index (χ1n) is 6.84. The molecule has 0 aliphatic rings. The van der Waals surface area contributed by atoms with Crippen molar-refractivity contribution in [2.75, 3.05) is 0 Å². The van der Waals surface area contributed by atoms with Crippen molar-refractivity contribution >= 4 is 21.5 Å². The van der Waals surface area contributed by atoms with E-state index in [-0.39, 0.29) is 11.9 Å². The molecule has 0 heterocycles. The number of benzene rings is 2. The molecular formula is C18H19BrO2. The summed E-state index contributed by atoms with van der Waals surface area (Å²) in [6.45, 7) is 10.1. The van der Waals surface area contributed by atoms with Crippen LogP contribution in [0.15, 0.2) is 47.4 Å². The molecule has 0 fully saturated rings. The first kappa shape index (κ1) is 15.6. The normalized spacial score (nSPS) is 10.7. The molecule has 1 N–H and O–H groups in total. The van der Waals surface area contributed by atoms with Crippen LogP contribution in [0.25, 0.3) is 5.57 Å². The van der Waals surface area contributed by atoms with E-state index in [1.165, 1.54) is 5.56 Å². The Labute approximate surface area is 134 Å². The Morgan fingerprint density at radius 3 is 2.33 bits per heavy atom. The van der Waals surface area contributed by atoms with Crippen LogP contribution in [0.2, 0.25) is 0 Å². The Bertz CT molecular complexity index is 658. The van der Waals surface area contributed by atoms with E-state index in [0.717, 1.165) is 15.6 Å². The quantitative estimate of drug-likeness (QED) is 0.812. The van der Waals surface area contributed by atoms with Gasteiger partial charge in [-0.15, -0.1) is 0 Å². The monoisotopic (exact) mass is 346 g/mol. The van der Waals surface area contributed by atoms with Gasteiger partial charge in [-0.05, 0) is 60.0 Å². The lowest BCUT2D eigenvalue weighted by Crippen LogP contribution is -2.08. The average Bonchev–Trinajstić information content (AvgIpc) is 2.43. The number of phenolic OH excluding ortho intramolecular Hbond substituents is 1. The van der Waals surface area contributed by atoms with Gasteiger partial charge in [-0.25, -0.2) is 0 Å². The van der Waals surface area contributed by atoms with Gasteiger partial charge >= 0.3 is 0 Å². The van der Waals surface area contributed by atoms with Gasteiger partial charge in [-0.3, -0.25) is 0 Å². The van der Waals surface area contributed by atoms with E-state index in [1.54, 1.807) is 12.1 Å². The van der Waals surface area contributed by atoms with Gasteiger partial charge in [0.1, 0.15) is 11.5 Å². The zero-order valence-electron chi connectivity index (χ0n) is 12.5. The Kier molecular flexibility index (Phi) is 4.73. The topological polar surface area (TPSA) is 29.5 Å². The highest BCUT2D eigenvalue weighted by Gasteiger charge is 2.18. The predicted molar refractivity (Wildman–Crippen MR) is 90.9 cm³/mol. The molecule has 0 aromatic heterocycles.